The van der Waals surface area contributed by atoms with Crippen LogP contribution in [0.25, 0.3) is 5.69 Å². The molecule has 1 heterocycles. The van der Waals surface area contributed by atoms with Gasteiger partial charge >= 0.3 is 0 Å². The van der Waals surface area contributed by atoms with Crippen LogP contribution in [0.4, 0.5) is 4.39 Å². The molecule has 0 radical (unpaired) electrons. The maximum Gasteiger partial charge on any atom is 0.257 e. The summed E-state index contributed by atoms with van der Waals surface area (Å²) in [6.07, 6.45) is 1.78. The molecule has 1 aromatic heterocycles. The molecule has 0 bridgehead atoms. The smallest absolute Gasteiger partial charge is 0.257 e. The molecule has 1 amide bonds. The van der Waals surface area contributed by atoms with Crippen LogP contribution in [0.15, 0.2) is 78.9 Å². The van der Waals surface area contributed by atoms with Crippen molar-refractivity contribution in [2.75, 3.05) is 0 Å². The Morgan fingerprint density at radius 2 is 1.74 bits per heavy atom. The highest BCUT2D eigenvalue weighted by molar-refractivity contribution is 6.30. The lowest BCUT2D eigenvalue weighted by Gasteiger charge is -2.23. The van der Waals surface area contributed by atoms with Crippen LogP contribution in [0.2, 0.25) is 5.02 Å². The molecule has 0 atom stereocenters. The maximum absolute atomic E-state index is 14.4. The van der Waals surface area contributed by atoms with Gasteiger partial charge in [0.05, 0.1) is 29.1 Å². The summed E-state index contributed by atoms with van der Waals surface area (Å²) in [5.41, 5.74) is 2.41. The Morgan fingerprint density at radius 3 is 2.41 bits per heavy atom. The van der Waals surface area contributed by atoms with Gasteiger partial charge in [-0.15, -0.1) is 0 Å². The van der Waals surface area contributed by atoms with Crippen LogP contribution in [0, 0.1) is 12.7 Å². The molecule has 0 N–H and O–H groups in total. The van der Waals surface area contributed by atoms with Crippen molar-refractivity contribution in [3.63, 3.8) is 0 Å². The van der Waals surface area contributed by atoms with Crippen molar-refractivity contribution >= 4 is 17.5 Å². The van der Waals surface area contributed by atoms with Crippen molar-refractivity contribution in [2.24, 2.45) is 0 Å². The van der Waals surface area contributed by atoms with E-state index in [0.717, 1.165) is 29.8 Å². The second-order valence-electron chi connectivity index (χ2n) is 8.32. The van der Waals surface area contributed by atoms with E-state index in [4.69, 9.17) is 21.4 Å². The summed E-state index contributed by atoms with van der Waals surface area (Å²) >= 11 is 6.05. The van der Waals surface area contributed by atoms with E-state index in [1.54, 1.807) is 46.0 Å². The molecule has 1 fully saturated rings. The van der Waals surface area contributed by atoms with Gasteiger partial charge in [-0.2, -0.15) is 5.10 Å². The van der Waals surface area contributed by atoms with E-state index in [-0.39, 0.29) is 24.1 Å². The monoisotopic (exact) mass is 475 g/mol. The van der Waals surface area contributed by atoms with E-state index in [9.17, 15) is 9.18 Å². The van der Waals surface area contributed by atoms with Gasteiger partial charge in [-0.25, -0.2) is 9.07 Å². The van der Waals surface area contributed by atoms with Gasteiger partial charge in [-0.3, -0.25) is 4.79 Å². The highest BCUT2D eigenvalue weighted by Gasteiger charge is 2.36. The van der Waals surface area contributed by atoms with Crippen LogP contribution in [0.3, 0.4) is 0 Å². The molecule has 0 aliphatic heterocycles. The zero-order chi connectivity index (χ0) is 23.7. The molecule has 0 spiro atoms. The Hall–Kier alpha value is -3.64. The number of aromatic nitrogens is 2. The van der Waals surface area contributed by atoms with Crippen LogP contribution in [0.1, 0.15) is 34.5 Å². The van der Waals surface area contributed by atoms with Gasteiger partial charge in [0.15, 0.2) is 0 Å². The predicted octanol–water partition coefficient (Wildman–Crippen LogP) is 6.57. The Kier molecular flexibility index (Phi) is 6.07. The third-order valence-corrected chi connectivity index (χ3v) is 6.10. The predicted molar refractivity (Wildman–Crippen MR) is 129 cm³/mol. The third kappa shape index (κ3) is 4.54. The summed E-state index contributed by atoms with van der Waals surface area (Å²) in [7, 11) is 0. The van der Waals surface area contributed by atoms with Crippen LogP contribution >= 0.6 is 11.6 Å². The van der Waals surface area contributed by atoms with Crippen LogP contribution in [0.5, 0.6) is 11.6 Å². The molecule has 7 heteroatoms. The lowest BCUT2D eigenvalue weighted by Crippen LogP contribution is -2.33. The molecule has 172 valence electrons. The topological polar surface area (TPSA) is 47.4 Å². The summed E-state index contributed by atoms with van der Waals surface area (Å²) in [5.74, 6) is 0.261. The normalized spacial score (nSPS) is 13.0. The number of amides is 1. The third-order valence-electron chi connectivity index (χ3n) is 5.85. The number of hydrogen-bond donors (Lipinski definition) is 0. The van der Waals surface area contributed by atoms with Gasteiger partial charge < -0.3 is 9.64 Å². The molecule has 1 aliphatic carbocycles. The first-order chi connectivity index (χ1) is 16.5. The fourth-order valence-corrected chi connectivity index (χ4v) is 4.02. The summed E-state index contributed by atoms with van der Waals surface area (Å²) in [6, 6.07) is 22.9. The molecule has 5 nitrogen and oxygen atoms in total. The largest absolute Gasteiger partial charge is 0.439 e. The summed E-state index contributed by atoms with van der Waals surface area (Å²) in [4.78, 5) is 15.1. The van der Waals surface area contributed by atoms with E-state index >= 15 is 0 Å². The van der Waals surface area contributed by atoms with Gasteiger partial charge in [0.1, 0.15) is 11.6 Å². The average Bonchev–Trinajstić information content (AvgIpc) is 3.64. The molecular formula is C27H23ClFN3O2. The average molecular weight is 476 g/mol. The summed E-state index contributed by atoms with van der Waals surface area (Å²) in [5, 5.41) is 5.34. The van der Waals surface area contributed by atoms with Crippen molar-refractivity contribution in [3.8, 4) is 17.3 Å². The minimum atomic E-state index is -0.521. The molecule has 0 saturated heterocycles. The van der Waals surface area contributed by atoms with E-state index in [0.29, 0.717) is 16.7 Å². The number of aryl methyl sites for hydroxylation is 1. The fourth-order valence-electron chi connectivity index (χ4n) is 3.90. The SMILES string of the molecule is Cc1nn(-c2ccccc2)c(Oc2ccc(Cl)cc2)c1CN(C(=O)c1ccccc1F)C1CC1. The summed E-state index contributed by atoms with van der Waals surface area (Å²) < 4.78 is 22.5. The van der Waals surface area contributed by atoms with Crippen LogP contribution < -0.4 is 4.74 Å². The Labute approximate surface area is 202 Å². The first-order valence-electron chi connectivity index (χ1n) is 11.1. The number of rotatable bonds is 7. The molecule has 1 aliphatic rings. The second kappa shape index (κ2) is 9.31. The Morgan fingerprint density at radius 1 is 1.06 bits per heavy atom. The van der Waals surface area contributed by atoms with Gasteiger partial charge in [0, 0.05) is 11.1 Å². The Balaban J connectivity index is 1.56. The molecular weight excluding hydrogens is 453 g/mol. The number of carbonyl (C=O) groups excluding carboxylic acids is 1. The van der Waals surface area contributed by atoms with Gasteiger partial charge in [-0.05, 0) is 68.3 Å². The fraction of sp³-hybridized carbons (Fsp3) is 0.185. The molecule has 3 aromatic carbocycles. The molecule has 1 saturated carbocycles. The van der Waals surface area contributed by atoms with Gasteiger partial charge in [-0.1, -0.05) is 41.9 Å². The van der Waals surface area contributed by atoms with Crippen LogP contribution in [-0.2, 0) is 6.54 Å². The highest BCUT2D eigenvalue weighted by atomic mass is 35.5. The van der Waals surface area contributed by atoms with E-state index in [1.807, 2.05) is 37.3 Å². The zero-order valence-electron chi connectivity index (χ0n) is 18.6. The van der Waals surface area contributed by atoms with E-state index in [1.165, 1.54) is 12.1 Å². The lowest BCUT2D eigenvalue weighted by atomic mass is 10.1. The standard InChI is InChI=1S/C27H23ClFN3O2/c1-18-24(17-31(20-13-14-20)26(33)23-9-5-6-10-25(23)29)27(34-22-15-11-19(28)12-16-22)32(30-18)21-7-3-2-4-8-21/h2-12,15-16,20H,13-14,17H2,1H3. The number of para-hydroxylation sites is 1. The number of benzene rings is 3. The quantitative estimate of drug-likeness (QED) is 0.303. The molecule has 5 rings (SSSR count). The van der Waals surface area contributed by atoms with E-state index in [2.05, 4.69) is 0 Å². The van der Waals surface area contributed by atoms with Crippen molar-refractivity contribution in [1.82, 2.24) is 14.7 Å². The minimum Gasteiger partial charge on any atom is -0.439 e. The molecule has 4 aromatic rings. The van der Waals surface area contributed by atoms with Crippen molar-refractivity contribution in [2.45, 2.75) is 32.4 Å². The van der Waals surface area contributed by atoms with Crippen molar-refractivity contribution < 1.29 is 13.9 Å². The minimum absolute atomic E-state index is 0.0648. The van der Waals surface area contributed by atoms with Gasteiger partial charge in [0.25, 0.3) is 5.91 Å². The first kappa shape index (κ1) is 22.2. The number of ether oxygens (including phenoxy) is 1. The number of carbonyl (C=O) groups is 1. The zero-order valence-corrected chi connectivity index (χ0v) is 19.4. The molecule has 34 heavy (non-hydrogen) atoms. The van der Waals surface area contributed by atoms with Crippen molar-refractivity contribution in [1.29, 1.82) is 0 Å². The first-order valence-corrected chi connectivity index (χ1v) is 11.5. The molecule has 0 unspecified atom stereocenters. The number of hydrogen-bond acceptors (Lipinski definition) is 3. The number of nitrogens with zero attached hydrogens (tertiary/aromatic N) is 3. The highest BCUT2D eigenvalue weighted by Crippen LogP contribution is 2.36. The number of halogens is 2. The maximum atomic E-state index is 14.4. The Bertz CT molecular complexity index is 1320. The van der Waals surface area contributed by atoms with Crippen LogP contribution in [-0.4, -0.2) is 26.6 Å². The second-order valence-corrected chi connectivity index (χ2v) is 8.75. The van der Waals surface area contributed by atoms with Crippen molar-refractivity contribution in [3.05, 3.63) is 107 Å². The van der Waals surface area contributed by atoms with Gasteiger partial charge in [0.2, 0.25) is 5.88 Å². The summed E-state index contributed by atoms with van der Waals surface area (Å²) in [6.45, 7) is 2.15. The van der Waals surface area contributed by atoms with E-state index < -0.39 is 5.82 Å². The lowest BCUT2D eigenvalue weighted by molar-refractivity contribution is 0.0724.